The number of nitrogens with one attached hydrogen (secondary N) is 2. The molecular weight excluding hydrogens is 230 g/mol. The van der Waals surface area contributed by atoms with E-state index in [0.717, 1.165) is 23.9 Å². The SMILES string of the molecule is O=C(CCNc1nc2ccccc2o1)NC1CC1. The highest BCUT2D eigenvalue weighted by Crippen LogP contribution is 2.19. The zero-order chi connectivity index (χ0) is 12.4. The van der Waals surface area contributed by atoms with Gasteiger partial charge >= 0.3 is 0 Å². The first-order chi connectivity index (χ1) is 8.81. The first-order valence-corrected chi connectivity index (χ1v) is 6.20. The zero-order valence-corrected chi connectivity index (χ0v) is 9.98. The molecule has 2 aromatic rings. The number of para-hydroxylation sites is 2. The van der Waals surface area contributed by atoms with Gasteiger partial charge in [-0.3, -0.25) is 4.79 Å². The lowest BCUT2D eigenvalue weighted by Gasteiger charge is -2.03. The molecule has 1 aliphatic carbocycles. The molecule has 5 nitrogen and oxygen atoms in total. The molecule has 1 saturated carbocycles. The largest absolute Gasteiger partial charge is 0.424 e. The maximum absolute atomic E-state index is 11.5. The average Bonchev–Trinajstić information content (AvgIpc) is 3.07. The summed E-state index contributed by atoms with van der Waals surface area (Å²) in [6.07, 6.45) is 2.67. The summed E-state index contributed by atoms with van der Waals surface area (Å²) in [5, 5.41) is 5.96. The van der Waals surface area contributed by atoms with Crippen LogP contribution in [0.25, 0.3) is 11.1 Å². The molecule has 1 aromatic carbocycles. The predicted molar refractivity (Wildman–Crippen MR) is 68.3 cm³/mol. The number of oxazole rings is 1. The van der Waals surface area contributed by atoms with Crippen LogP contribution in [-0.4, -0.2) is 23.5 Å². The van der Waals surface area contributed by atoms with Crippen molar-refractivity contribution in [3.8, 4) is 0 Å². The van der Waals surface area contributed by atoms with Gasteiger partial charge in [0.1, 0.15) is 5.52 Å². The van der Waals surface area contributed by atoms with Crippen LogP contribution in [0.5, 0.6) is 0 Å². The second-order valence-corrected chi connectivity index (χ2v) is 4.51. The van der Waals surface area contributed by atoms with Gasteiger partial charge in [0.05, 0.1) is 0 Å². The highest BCUT2D eigenvalue weighted by Gasteiger charge is 2.22. The Morgan fingerprint density at radius 1 is 1.39 bits per heavy atom. The van der Waals surface area contributed by atoms with E-state index in [1.54, 1.807) is 0 Å². The van der Waals surface area contributed by atoms with E-state index in [9.17, 15) is 4.79 Å². The zero-order valence-electron chi connectivity index (χ0n) is 9.98. The van der Waals surface area contributed by atoms with E-state index in [-0.39, 0.29) is 5.91 Å². The summed E-state index contributed by atoms with van der Waals surface area (Å²) in [5.74, 6) is 0.0844. The molecule has 0 atom stereocenters. The van der Waals surface area contributed by atoms with Crippen molar-refractivity contribution in [2.45, 2.75) is 25.3 Å². The summed E-state index contributed by atoms with van der Waals surface area (Å²) < 4.78 is 5.49. The number of aromatic nitrogens is 1. The molecule has 0 radical (unpaired) electrons. The Kier molecular flexibility index (Phi) is 2.88. The van der Waals surface area contributed by atoms with E-state index < -0.39 is 0 Å². The van der Waals surface area contributed by atoms with Crippen molar-refractivity contribution in [2.24, 2.45) is 0 Å². The summed E-state index contributed by atoms with van der Waals surface area (Å²) >= 11 is 0. The molecule has 5 heteroatoms. The molecule has 94 valence electrons. The fourth-order valence-electron chi connectivity index (χ4n) is 1.76. The van der Waals surface area contributed by atoms with E-state index in [1.165, 1.54) is 0 Å². The first kappa shape index (κ1) is 11.1. The van der Waals surface area contributed by atoms with Crippen LogP contribution < -0.4 is 10.6 Å². The van der Waals surface area contributed by atoms with Crippen LogP contribution in [0.4, 0.5) is 6.01 Å². The molecule has 3 rings (SSSR count). The highest BCUT2D eigenvalue weighted by atomic mass is 16.4. The number of hydrogen-bond acceptors (Lipinski definition) is 4. The van der Waals surface area contributed by atoms with Gasteiger partial charge in [-0.15, -0.1) is 0 Å². The quantitative estimate of drug-likeness (QED) is 0.844. The second-order valence-electron chi connectivity index (χ2n) is 4.51. The number of nitrogens with zero attached hydrogens (tertiary/aromatic N) is 1. The number of rotatable bonds is 5. The number of amides is 1. The van der Waals surface area contributed by atoms with E-state index in [2.05, 4.69) is 15.6 Å². The van der Waals surface area contributed by atoms with Crippen molar-refractivity contribution in [3.05, 3.63) is 24.3 Å². The van der Waals surface area contributed by atoms with E-state index in [1.807, 2.05) is 24.3 Å². The van der Waals surface area contributed by atoms with Gasteiger partial charge in [-0.1, -0.05) is 12.1 Å². The highest BCUT2D eigenvalue weighted by molar-refractivity contribution is 5.77. The van der Waals surface area contributed by atoms with Crippen molar-refractivity contribution < 1.29 is 9.21 Å². The average molecular weight is 245 g/mol. The van der Waals surface area contributed by atoms with E-state index in [0.29, 0.717) is 25.0 Å². The summed E-state index contributed by atoms with van der Waals surface area (Å²) in [5.41, 5.74) is 1.57. The number of anilines is 1. The van der Waals surface area contributed by atoms with Crippen molar-refractivity contribution in [2.75, 3.05) is 11.9 Å². The lowest BCUT2D eigenvalue weighted by Crippen LogP contribution is -2.27. The molecule has 0 unspecified atom stereocenters. The van der Waals surface area contributed by atoms with Crippen LogP contribution in [0.3, 0.4) is 0 Å². The Bertz CT molecular complexity index is 527. The maximum atomic E-state index is 11.5. The third-order valence-corrected chi connectivity index (χ3v) is 2.86. The van der Waals surface area contributed by atoms with Gasteiger partial charge in [0, 0.05) is 19.0 Å². The Labute approximate surface area is 105 Å². The molecule has 0 bridgehead atoms. The van der Waals surface area contributed by atoms with Crippen molar-refractivity contribution in [1.82, 2.24) is 10.3 Å². The molecule has 1 heterocycles. The van der Waals surface area contributed by atoms with Crippen molar-refractivity contribution in [3.63, 3.8) is 0 Å². The van der Waals surface area contributed by atoms with Gasteiger partial charge in [-0.25, -0.2) is 0 Å². The summed E-state index contributed by atoms with van der Waals surface area (Å²) in [6, 6.07) is 8.46. The van der Waals surface area contributed by atoms with Crippen LogP contribution >= 0.6 is 0 Å². The van der Waals surface area contributed by atoms with Gasteiger partial charge in [-0.2, -0.15) is 4.98 Å². The second kappa shape index (κ2) is 4.68. The fraction of sp³-hybridized carbons (Fsp3) is 0.385. The molecule has 1 fully saturated rings. The molecule has 1 aromatic heterocycles. The molecule has 1 aliphatic rings. The minimum absolute atomic E-state index is 0.0844. The Balaban J connectivity index is 1.51. The van der Waals surface area contributed by atoms with Gasteiger partial charge in [0.25, 0.3) is 6.01 Å². The molecule has 0 aliphatic heterocycles. The van der Waals surface area contributed by atoms with Gasteiger partial charge in [0.15, 0.2) is 5.58 Å². The topological polar surface area (TPSA) is 67.2 Å². The molecule has 18 heavy (non-hydrogen) atoms. The van der Waals surface area contributed by atoms with Crippen LogP contribution in [0.2, 0.25) is 0 Å². The normalized spacial score (nSPS) is 14.7. The van der Waals surface area contributed by atoms with Crippen LogP contribution in [0.15, 0.2) is 28.7 Å². The van der Waals surface area contributed by atoms with E-state index >= 15 is 0 Å². The molecular formula is C13H15N3O2. The van der Waals surface area contributed by atoms with Crippen LogP contribution in [-0.2, 0) is 4.79 Å². The van der Waals surface area contributed by atoms with Gasteiger partial charge < -0.3 is 15.1 Å². The summed E-state index contributed by atoms with van der Waals surface area (Å²) in [6.45, 7) is 0.533. The van der Waals surface area contributed by atoms with Crippen molar-refractivity contribution >= 4 is 23.0 Å². The number of fused-ring (bicyclic) bond motifs is 1. The van der Waals surface area contributed by atoms with Crippen LogP contribution in [0.1, 0.15) is 19.3 Å². The predicted octanol–water partition coefficient (Wildman–Crippen LogP) is 1.91. The third-order valence-electron chi connectivity index (χ3n) is 2.86. The molecule has 1 amide bonds. The fourth-order valence-corrected chi connectivity index (χ4v) is 1.76. The van der Waals surface area contributed by atoms with Gasteiger partial charge in [-0.05, 0) is 25.0 Å². The maximum Gasteiger partial charge on any atom is 0.295 e. The number of carbonyl (C=O) groups is 1. The molecule has 0 saturated heterocycles. The monoisotopic (exact) mass is 245 g/mol. The van der Waals surface area contributed by atoms with E-state index in [4.69, 9.17) is 4.42 Å². The summed E-state index contributed by atoms with van der Waals surface area (Å²) in [4.78, 5) is 15.7. The minimum Gasteiger partial charge on any atom is -0.424 e. The standard InChI is InChI=1S/C13H15N3O2/c17-12(15-9-5-6-9)7-8-14-13-16-10-3-1-2-4-11(10)18-13/h1-4,9H,5-8H2,(H,14,16)(H,15,17). The molecule has 0 spiro atoms. The Morgan fingerprint density at radius 2 is 2.22 bits per heavy atom. The number of carbonyl (C=O) groups excluding carboxylic acids is 1. The number of benzene rings is 1. The smallest absolute Gasteiger partial charge is 0.295 e. The lowest BCUT2D eigenvalue weighted by atomic mass is 10.3. The Hall–Kier alpha value is -2.04. The minimum atomic E-state index is 0.0844. The Morgan fingerprint density at radius 3 is 3.00 bits per heavy atom. The van der Waals surface area contributed by atoms with Crippen LogP contribution in [0, 0.1) is 0 Å². The molecule has 2 N–H and O–H groups in total. The summed E-state index contributed by atoms with van der Waals surface area (Å²) in [7, 11) is 0. The lowest BCUT2D eigenvalue weighted by molar-refractivity contribution is -0.120. The first-order valence-electron chi connectivity index (χ1n) is 6.20. The number of hydrogen-bond donors (Lipinski definition) is 2. The van der Waals surface area contributed by atoms with Gasteiger partial charge in [0.2, 0.25) is 5.91 Å². The third kappa shape index (κ3) is 2.61. The van der Waals surface area contributed by atoms with Crippen molar-refractivity contribution in [1.29, 1.82) is 0 Å².